The van der Waals surface area contributed by atoms with Crippen LogP contribution in [0.2, 0.25) is 0 Å². The first-order valence-electron chi connectivity index (χ1n) is 4.20. The number of fused-ring (bicyclic) bond motifs is 1. The van der Waals surface area contributed by atoms with Gasteiger partial charge in [0.05, 0.1) is 0 Å². The zero-order chi connectivity index (χ0) is 10.1. The molecule has 16 heavy (non-hydrogen) atoms. The molecule has 2 rings (SSSR count). The van der Waals surface area contributed by atoms with Crippen LogP contribution in [0.3, 0.4) is 0 Å². The first-order valence-corrected chi connectivity index (χ1v) is 4.20. The van der Waals surface area contributed by atoms with E-state index in [1.54, 1.807) is 25.1 Å². The molecule has 0 aliphatic rings. The predicted octanol–water partition coefficient (Wildman–Crippen LogP) is 2.49. The number of hydrogen-bond donors (Lipinski definition) is 1. The van der Waals surface area contributed by atoms with Crippen molar-refractivity contribution < 1.29 is 42.6 Å². The minimum absolute atomic E-state index is 0. The van der Waals surface area contributed by atoms with Crippen molar-refractivity contribution in [3.8, 4) is 0 Å². The van der Waals surface area contributed by atoms with Gasteiger partial charge in [0, 0.05) is 32.7 Å². The molecule has 1 aromatic heterocycles. The van der Waals surface area contributed by atoms with Gasteiger partial charge in [-0.3, -0.25) is 4.79 Å². The number of benzene rings is 1. The van der Waals surface area contributed by atoms with Crippen molar-refractivity contribution in [1.82, 2.24) is 4.98 Å². The van der Waals surface area contributed by atoms with Crippen molar-refractivity contribution in [3.05, 3.63) is 49.0 Å². The molecule has 81 valence electrons. The van der Waals surface area contributed by atoms with E-state index in [4.69, 9.17) is 5.11 Å². The van der Waals surface area contributed by atoms with Crippen LogP contribution in [-0.2, 0) is 32.7 Å². The number of carboxylic acids is 1. The maximum absolute atomic E-state index is 11.0. The quantitative estimate of drug-likeness (QED) is 0.821. The predicted molar refractivity (Wildman–Crippen MR) is 58.7 cm³/mol. The monoisotopic (exact) mass is 290 g/mol. The second-order valence-electron chi connectivity index (χ2n) is 3.05. The number of rotatable bonds is 1. The SMILES string of the molecule is Cc1[c-]nc2ccccc2c1C(=O)O.[CH3-].[Y]. The van der Waals surface area contributed by atoms with Gasteiger partial charge in [-0.1, -0.05) is 42.8 Å². The van der Waals surface area contributed by atoms with E-state index in [9.17, 15) is 4.79 Å². The van der Waals surface area contributed by atoms with Crippen LogP contribution in [0, 0.1) is 20.5 Å². The zero-order valence-electron chi connectivity index (χ0n) is 9.19. The summed E-state index contributed by atoms with van der Waals surface area (Å²) in [6, 6.07) is 7.16. The molecule has 1 heterocycles. The molecule has 1 N–H and O–H groups in total. The molecule has 0 aliphatic carbocycles. The summed E-state index contributed by atoms with van der Waals surface area (Å²) in [6.07, 6.45) is 2.69. The van der Waals surface area contributed by atoms with E-state index in [0.717, 1.165) is 0 Å². The Balaban J connectivity index is 0.00000112. The smallest absolute Gasteiger partial charge is 0.279 e. The number of aryl methyl sites for hydroxylation is 1. The van der Waals surface area contributed by atoms with E-state index in [1.807, 2.05) is 6.07 Å². The summed E-state index contributed by atoms with van der Waals surface area (Å²) < 4.78 is 0. The second kappa shape index (κ2) is 6.07. The Kier molecular flexibility index (Phi) is 5.76. The van der Waals surface area contributed by atoms with Gasteiger partial charge < -0.3 is 17.5 Å². The molecule has 2 aromatic rings. The number of pyridine rings is 1. The maximum atomic E-state index is 11.0. The normalized spacial score (nSPS) is 9.06. The van der Waals surface area contributed by atoms with Gasteiger partial charge in [0.25, 0.3) is 5.97 Å². The fourth-order valence-electron chi connectivity index (χ4n) is 1.46. The Hall–Kier alpha value is -0.796. The van der Waals surface area contributed by atoms with E-state index in [2.05, 4.69) is 11.2 Å². The Morgan fingerprint density at radius 1 is 1.38 bits per heavy atom. The van der Waals surface area contributed by atoms with Crippen molar-refractivity contribution in [2.75, 3.05) is 0 Å². The molecule has 0 saturated heterocycles. The minimum Gasteiger partial charge on any atom is -0.487 e. The molecule has 0 atom stereocenters. The molecule has 1 radical (unpaired) electrons. The van der Waals surface area contributed by atoms with Gasteiger partial charge in [0.2, 0.25) is 0 Å². The fraction of sp³-hybridized carbons (Fsp3) is 0.0833. The van der Waals surface area contributed by atoms with E-state index in [0.29, 0.717) is 16.5 Å². The van der Waals surface area contributed by atoms with E-state index < -0.39 is 5.97 Å². The number of para-hydroxylation sites is 1. The molecule has 0 saturated carbocycles. The number of aromatic nitrogens is 1. The Bertz CT molecular complexity index is 511. The van der Waals surface area contributed by atoms with Crippen LogP contribution < -0.4 is 0 Å². The van der Waals surface area contributed by atoms with Crippen LogP contribution in [0.5, 0.6) is 0 Å². The van der Waals surface area contributed by atoms with Gasteiger partial charge in [-0.05, 0) is 11.1 Å². The van der Waals surface area contributed by atoms with E-state index in [-0.39, 0.29) is 45.7 Å². The van der Waals surface area contributed by atoms with Gasteiger partial charge in [-0.2, -0.15) is 0 Å². The summed E-state index contributed by atoms with van der Waals surface area (Å²) >= 11 is 0. The van der Waals surface area contributed by atoms with Crippen molar-refractivity contribution in [3.63, 3.8) is 0 Å². The molecule has 0 aliphatic heterocycles. The molecule has 0 amide bonds. The third kappa shape index (κ3) is 2.66. The van der Waals surface area contributed by atoms with E-state index >= 15 is 0 Å². The summed E-state index contributed by atoms with van der Waals surface area (Å²) in [5.74, 6) is -0.933. The largest absolute Gasteiger partial charge is 0.487 e. The first-order chi connectivity index (χ1) is 6.70. The summed E-state index contributed by atoms with van der Waals surface area (Å²) in [4.78, 5) is 15.0. The number of nitrogens with zero attached hydrogens (tertiary/aromatic N) is 1. The van der Waals surface area contributed by atoms with Crippen molar-refractivity contribution in [2.24, 2.45) is 0 Å². The van der Waals surface area contributed by atoms with Gasteiger partial charge in [0.15, 0.2) is 0 Å². The molecule has 0 fully saturated rings. The van der Waals surface area contributed by atoms with Crippen molar-refractivity contribution >= 4 is 16.9 Å². The van der Waals surface area contributed by atoms with Gasteiger partial charge in [-0.25, -0.2) is 0 Å². The summed E-state index contributed by atoms with van der Waals surface area (Å²) in [5, 5.41) is 9.68. The molecule has 0 unspecified atom stereocenters. The number of aromatic carboxylic acids is 1. The summed E-state index contributed by atoms with van der Waals surface area (Å²) in [6.45, 7) is 1.70. The zero-order valence-corrected chi connectivity index (χ0v) is 12.0. The standard InChI is InChI=1S/C11H8NO2.CH3.Y/c1-7-6-12-9-5-3-2-4-8(9)10(7)11(13)14;;/h2-5H,1H3,(H,13,14);1H3;/q2*-1;. The first kappa shape index (κ1) is 15.2. The Morgan fingerprint density at radius 2 is 2.00 bits per heavy atom. The molecular formula is C12H11NO2Y-2. The average Bonchev–Trinajstić information content (AvgIpc) is 2.17. The molecular weight excluding hydrogens is 279 g/mol. The third-order valence-corrected chi connectivity index (χ3v) is 2.11. The number of hydrogen-bond acceptors (Lipinski definition) is 2. The van der Waals surface area contributed by atoms with Gasteiger partial charge in [-0.15, -0.1) is 5.56 Å². The summed E-state index contributed by atoms with van der Waals surface area (Å²) in [5.41, 5.74) is 1.52. The molecule has 1 aromatic carbocycles. The van der Waals surface area contributed by atoms with Crippen LogP contribution in [0.15, 0.2) is 24.3 Å². The van der Waals surface area contributed by atoms with Crippen molar-refractivity contribution in [1.29, 1.82) is 0 Å². The Morgan fingerprint density at radius 3 is 2.62 bits per heavy atom. The van der Waals surface area contributed by atoms with Crippen LogP contribution in [0.25, 0.3) is 10.9 Å². The second-order valence-corrected chi connectivity index (χ2v) is 3.05. The van der Waals surface area contributed by atoms with Crippen LogP contribution >= 0.6 is 0 Å². The van der Waals surface area contributed by atoms with Crippen LogP contribution in [0.4, 0.5) is 0 Å². The average molecular weight is 290 g/mol. The van der Waals surface area contributed by atoms with Crippen molar-refractivity contribution in [2.45, 2.75) is 6.92 Å². The fourth-order valence-corrected chi connectivity index (χ4v) is 1.46. The third-order valence-electron chi connectivity index (χ3n) is 2.11. The minimum atomic E-state index is -0.933. The topological polar surface area (TPSA) is 50.2 Å². The molecule has 0 spiro atoms. The van der Waals surface area contributed by atoms with Crippen LogP contribution in [0.1, 0.15) is 15.9 Å². The molecule has 3 nitrogen and oxygen atoms in total. The van der Waals surface area contributed by atoms with Gasteiger partial charge >= 0.3 is 0 Å². The maximum Gasteiger partial charge on any atom is 0.279 e. The summed E-state index contributed by atoms with van der Waals surface area (Å²) in [7, 11) is 0. The van der Waals surface area contributed by atoms with Gasteiger partial charge in [0.1, 0.15) is 0 Å². The molecule has 4 heteroatoms. The Labute approximate surface area is 120 Å². The number of carbonyl (C=O) groups is 1. The van der Waals surface area contributed by atoms with Crippen LogP contribution in [-0.4, -0.2) is 16.1 Å². The number of carboxylic acid groups (broad SMARTS) is 1. The molecule has 0 bridgehead atoms. The van der Waals surface area contributed by atoms with E-state index in [1.165, 1.54) is 0 Å².